The third-order valence-corrected chi connectivity index (χ3v) is 5.19. The standard InChI is InChI=1S/C23H32N2O.2ClH/c1-2-3-14-24-15-17-25(18-16-24)19-20-26-23(21-10-6-4-7-11-21)22-12-8-5-9-13-22;;/h4-13,23H,2-3,14-20H2,1H3;2*1H. The Morgan fingerprint density at radius 1 is 0.750 bits per heavy atom. The molecule has 0 aromatic heterocycles. The molecular weight excluding hydrogens is 391 g/mol. The van der Waals surface area contributed by atoms with Crippen molar-refractivity contribution in [3.63, 3.8) is 0 Å². The van der Waals surface area contributed by atoms with Crippen molar-refractivity contribution in [2.24, 2.45) is 0 Å². The molecule has 2 aromatic carbocycles. The van der Waals surface area contributed by atoms with Crippen molar-refractivity contribution in [1.82, 2.24) is 9.80 Å². The molecule has 0 saturated carbocycles. The van der Waals surface area contributed by atoms with Crippen LogP contribution in [-0.4, -0.2) is 55.7 Å². The molecular formula is C23H34Cl2N2O. The first-order valence-corrected chi connectivity index (χ1v) is 10.0. The van der Waals surface area contributed by atoms with E-state index in [4.69, 9.17) is 4.74 Å². The highest BCUT2D eigenvalue weighted by molar-refractivity contribution is 5.85. The zero-order valence-corrected chi connectivity index (χ0v) is 18.5. The number of benzene rings is 2. The van der Waals surface area contributed by atoms with Crippen LogP contribution in [0.25, 0.3) is 0 Å². The fourth-order valence-electron chi connectivity index (χ4n) is 3.56. The molecule has 2 aromatic rings. The molecule has 0 radical (unpaired) electrons. The van der Waals surface area contributed by atoms with Gasteiger partial charge in [0.1, 0.15) is 6.10 Å². The molecule has 0 atom stereocenters. The Balaban J connectivity index is 0.00000196. The molecule has 1 fully saturated rings. The lowest BCUT2D eigenvalue weighted by atomic mass is 10.0. The number of hydrogen-bond donors (Lipinski definition) is 0. The second-order valence-corrected chi connectivity index (χ2v) is 7.11. The highest BCUT2D eigenvalue weighted by Gasteiger charge is 2.18. The smallest absolute Gasteiger partial charge is 0.108 e. The number of nitrogens with zero attached hydrogens (tertiary/aromatic N) is 2. The molecule has 156 valence electrons. The molecule has 1 saturated heterocycles. The predicted molar refractivity (Wildman–Crippen MR) is 123 cm³/mol. The molecule has 3 rings (SSSR count). The lowest BCUT2D eigenvalue weighted by molar-refractivity contribution is 0.0451. The SMILES string of the molecule is CCCCN1CCN(CCOC(c2ccccc2)c2ccccc2)CC1.Cl.Cl. The Kier molecular flexibility index (Phi) is 12.4. The van der Waals surface area contributed by atoms with Crippen molar-refractivity contribution < 1.29 is 4.74 Å². The van der Waals surface area contributed by atoms with Crippen LogP contribution in [-0.2, 0) is 4.74 Å². The maximum Gasteiger partial charge on any atom is 0.108 e. The molecule has 28 heavy (non-hydrogen) atoms. The van der Waals surface area contributed by atoms with Gasteiger partial charge < -0.3 is 9.64 Å². The van der Waals surface area contributed by atoms with E-state index >= 15 is 0 Å². The van der Waals surface area contributed by atoms with E-state index < -0.39 is 0 Å². The van der Waals surface area contributed by atoms with E-state index in [2.05, 4.69) is 77.4 Å². The van der Waals surface area contributed by atoms with E-state index in [-0.39, 0.29) is 30.9 Å². The summed E-state index contributed by atoms with van der Waals surface area (Å²) in [5.41, 5.74) is 2.45. The predicted octanol–water partition coefficient (Wildman–Crippen LogP) is 5.05. The number of halogens is 2. The second-order valence-electron chi connectivity index (χ2n) is 7.11. The summed E-state index contributed by atoms with van der Waals surface area (Å²) in [6.45, 7) is 10.0. The minimum absolute atomic E-state index is 0. The van der Waals surface area contributed by atoms with Gasteiger partial charge in [0.2, 0.25) is 0 Å². The number of unbranched alkanes of at least 4 members (excludes halogenated alkanes) is 1. The fourth-order valence-corrected chi connectivity index (χ4v) is 3.56. The molecule has 5 heteroatoms. The van der Waals surface area contributed by atoms with Crippen LogP contribution in [0.3, 0.4) is 0 Å². The lowest BCUT2D eigenvalue weighted by Crippen LogP contribution is -2.47. The monoisotopic (exact) mass is 424 g/mol. The summed E-state index contributed by atoms with van der Waals surface area (Å²) in [5, 5.41) is 0. The van der Waals surface area contributed by atoms with Gasteiger partial charge in [-0.05, 0) is 24.1 Å². The van der Waals surface area contributed by atoms with Gasteiger partial charge in [0.05, 0.1) is 6.61 Å². The van der Waals surface area contributed by atoms with Crippen molar-refractivity contribution in [2.45, 2.75) is 25.9 Å². The molecule has 0 bridgehead atoms. The van der Waals surface area contributed by atoms with Crippen LogP contribution >= 0.6 is 24.8 Å². The third-order valence-electron chi connectivity index (χ3n) is 5.19. The van der Waals surface area contributed by atoms with Crippen LogP contribution in [0.5, 0.6) is 0 Å². The summed E-state index contributed by atoms with van der Waals surface area (Å²) in [6.07, 6.45) is 2.62. The Morgan fingerprint density at radius 2 is 1.21 bits per heavy atom. The van der Waals surface area contributed by atoms with Crippen LogP contribution in [0.1, 0.15) is 37.0 Å². The highest BCUT2D eigenvalue weighted by Crippen LogP contribution is 2.25. The van der Waals surface area contributed by atoms with Crippen molar-refractivity contribution in [1.29, 1.82) is 0 Å². The molecule has 0 unspecified atom stereocenters. The van der Waals surface area contributed by atoms with Crippen LogP contribution in [0, 0.1) is 0 Å². The summed E-state index contributed by atoms with van der Waals surface area (Å²) in [5.74, 6) is 0. The van der Waals surface area contributed by atoms with Gasteiger partial charge in [-0.15, -0.1) is 24.8 Å². The van der Waals surface area contributed by atoms with Crippen LogP contribution in [0.15, 0.2) is 60.7 Å². The third kappa shape index (κ3) is 7.73. The molecule has 0 aliphatic carbocycles. The van der Waals surface area contributed by atoms with E-state index in [9.17, 15) is 0 Å². The van der Waals surface area contributed by atoms with E-state index in [0.717, 1.165) is 26.2 Å². The molecule has 1 aliphatic heterocycles. The normalized spacial score (nSPS) is 15.1. The zero-order valence-electron chi connectivity index (χ0n) is 16.8. The second kappa shape index (κ2) is 14.0. The van der Waals surface area contributed by atoms with Crippen molar-refractivity contribution in [3.05, 3.63) is 71.8 Å². The number of rotatable bonds is 9. The van der Waals surface area contributed by atoms with Gasteiger partial charge in [-0.1, -0.05) is 74.0 Å². The first-order valence-electron chi connectivity index (χ1n) is 10.0. The van der Waals surface area contributed by atoms with Crippen LogP contribution in [0.4, 0.5) is 0 Å². The maximum atomic E-state index is 6.35. The maximum absolute atomic E-state index is 6.35. The number of piperazine rings is 1. The van der Waals surface area contributed by atoms with Crippen molar-refractivity contribution in [2.75, 3.05) is 45.9 Å². The largest absolute Gasteiger partial charge is 0.367 e. The van der Waals surface area contributed by atoms with E-state index in [1.54, 1.807) is 0 Å². The topological polar surface area (TPSA) is 15.7 Å². The van der Waals surface area contributed by atoms with Gasteiger partial charge in [-0.25, -0.2) is 0 Å². The first kappa shape index (κ1) is 24.9. The molecule has 3 nitrogen and oxygen atoms in total. The van der Waals surface area contributed by atoms with Crippen molar-refractivity contribution in [3.8, 4) is 0 Å². The highest BCUT2D eigenvalue weighted by atomic mass is 35.5. The van der Waals surface area contributed by atoms with Gasteiger partial charge in [-0.2, -0.15) is 0 Å². The Bertz CT molecular complexity index is 580. The van der Waals surface area contributed by atoms with E-state index in [1.165, 1.54) is 43.6 Å². The lowest BCUT2D eigenvalue weighted by Gasteiger charge is -2.34. The van der Waals surface area contributed by atoms with Gasteiger partial charge in [0, 0.05) is 32.7 Å². The summed E-state index contributed by atoms with van der Waals surface area (Å²) >= 11 is 0. The number of ether oxygens (including phenoxy) is 1. The minimum atomic E-state index is 0. The van der Waals surface area contributed by atoms with Gasteiger partial charge in [-0.3, -0.25) is 4.90 Å². The van der Waals surface area contributed by atoms with Crippen LogP contribution in [0.2, 0.25) is 0 Å². The summed E-state index contributed by atoms with van der Waals surface area (Å²) in [4.78, 5) is 5.13. The van der Waals surface area contributed by atoms with E-state index in [1.807, 2.05) is 0 Å². The van der Waals surface area contributed by atoms with Crippen molar-refractivity contribution >= 4 is 24.8 Å². The average Bonchev–Trinajstić information content (AvgIpc) is 2.72. The van der Waals surface area contributed by atoms with Gasteiger partial charge in [0.15, 0.2) is 0 Å². The fraction of sp³-hybridized carbons (Fsp3) is 0.478. The first-order chi connectivity index (χ1) is 12.9. The quantitative estimate of drug-likeness (QED) is 0.559. The molecule has 1 heterocycles. The Labute approximate surface area is 182 Å². The molecule has 1 aliphatic rings. The Hall–Kier alpha value is -1.10. The number of hydrogen-bond acceptors (Lipinski definition) is 3. The molecule has 0 amide bonds. The average molecular weight is 425 g/mol. The zero-order chi connectivity index (χ0) is 18.0. The Morgan fingerprint density at radius 3 is 1.68 bits per heavy atom. The molecule has 0 spiro atoms. The summed E-state index contributed by atoms with van der Waals surface area (Å²) in [6, 6.07) is 21.1. The minimum Gasteiger partial charge on any atom is -0.367 e. The van der Waals surface area contributed by atoms with E-state index in [0.29, 0.717) is 0 Å². The summed E-state index contributed by atoms with van der Waals surface area (Å²) < 4.78 is 6.35. The van der Waals surface area contributed by atoms with Crippen LogP contribution < -0.4 is 0 Å². The molecule has 0 N–H and O–H groups in total. The van der Waals surface area contributed by atoms with Gasteiger partial charge >= 0.3 is 0 Å². The summed E-state index contributed by atoms with van der Waals surface area (Å²) in [7, 11) is 0. The van der Waals surface area contributed by atoms with Gasteiger partial charge in [0.25, 0.3) is 0 Å².